The van der Waals surface area contributed by atoms with Crippen LogP contribution >= 0.6 is 11.6 Å². The molecule has 0 unspecified atom stereocenters. The quantitative estimate of drug-likeness (QED) is 0.835. The third-order valence-electron chi connectivity index (χ3n) is 2.79. The molecule has 0 aliphatic rings. The van der Waals surface area contributed by atoms with E-state index in [2.05, 4.69) is 0 Å². The molecular weight excluding hydrogens is 298 g/mol. The van der Waals surface area contributed by atoms with Gasteiger partial charge in [-0.1, -0.05) is 18.5 Å². The second-order valence-electron chi connectivity index (χ2n) is 4.31. The number of methoxy groups -OCH3 is 2. The Kier molecular flexibility index (Phi) is 6.30. The van der Waals surface area contributed by atoms with Gasteiger partial charge in [-0.25, -0.2) is 0 Å². The Balaban J connectivity index is 3.15. The highest BCUT2D eigenvalue weighted by molar-refractivity contribution is 6.32. The van der Waals surface area contributed by atoms with Gasteiger partial charge in [0.05, 0.1) is 19.2 Å². The zero-order valence-electron chi connectivity index (χ0n) is 12.2. The van der Waals surface area contributed by atoms with Gasteiger partial charge in [0, 0.05) is 12.1 Å². The molecule has 7 heteroatoms. The third-order valence-corrected chi connectivity index (χ3v) is 3.07. The highest BCUT2D eigenvalue weighted by Crippen LogP contribution is 2.36. The topological polar surface area (TPSA) is 76.1 Å². The zero-order chi connectivity index (χ0) is 16.0. The number of carbonyl (C=O) groups is 2. The average molecular weight is 316 g/mol. The maximum absolute atomic E-state index is 12.4. The number of hydrogen-bond donors (Lipinski definition) is 1. The Bertz CT molecular complexity index is 532. The van der Waals surface area contributed by atoms with E-state index in [0.29, 0.717) is 24.5 Å². The van der Waals surface area contributed by atoms with Gasteiger partial charge < -0.3 is 19.5 Å². The maximum Gasteiger partial charge on any atom is 0.323 e. The molecule has 0 spiro atoms. The number of carbonyl (C=O) groups excluding carboxylic acids is 1. The second-order valence-corrected chi connectivity index (χ2v) is 4.72. The Morgan fingerprint density at radius 1 is 1.29 bits per heavy atom. The summed E-state index contributed by atoms with van der Waals surface area (Å²) >= 11 is 6.05. The predicted octanol–water partition coefficient (Wildman–Crippen LogP) is 2.29. The van der Waals surface area contributed by atoms with Crippen molar-refractivity contribution in [3.8, 4) is 11.5 Å². The summed E-state index contributed by atoms with van der Waals surface area (Å²) in [6.45, 7) is 1.85. The molecule has 1 N–H and O–H groups in total. The number of aliphatic carboxylic acids is 1. The molecule has 0 saturated carbocycles. The molecule has 0 heterocycles. The summed E-state index contributed by atoms with van der Waals surface area (Å²) in [4.78, 5) is 24.5. The predicted molar refractivity (Wildman–Crippen MR) is 78.4 cm³/mol. The van der Waals surface area contributed by atoms with Crippen molar-refractivity contribution in [1.29, 1.82) is 0 Å². The van der Waals surface area contributed by atoms with Crippen LogP contribution < -0.4 is 9.47 Å². The lowest BCUT2D eigenvalue weighted by atomic mass is 10.1. The number of carboxylic acids is 1. The first kappa shape index (κ1) is 17.1. The van der Waals surface area contributed by atoms with E-state index < -0.39 is 11.9 Å². The largest absolute Gasteiger partial charge is 0.493 e. The van der Waals surface area contributed by atoms with Crippen LogP contribution in [0.3, 0.4) is 0 Å². The van der Waals surface area contributed by atoms with E-state index in [1.54, 1.807) is 0 Å². The van der Waals surface area contributed by atoms with Crippen LogP contribution in [0.5, 0.6) is 11.5 Å². The third kappa shape index (κ3) is 4.26. The number of rotatable bonds is 7. The molecule has 1 aromatic carbocycles. The molecule has 1 aromatic rings. The molecule has 0 radical (unpaired) electrons. The highest BCUT2D eigenvalue weighted by Gasteiger charge is 2.21. The number of nitrogens with zero attached hydrogens (tertiary/aromatic N) is 1. The standard InChI is InChI=1S/C14H18ClNO5/c1-4-5-16(8-12(17)18)14(19)9-6-10(15)13(21-3)11(7-9)20-2/h6-7H,4-5,8H2,1-3H3,(H,17,18). The van der Waals surface area contributed by atoms with E-state index in [1.165, 1.54) is 31.3 Å². The van der Waals surface area contributed by atoms with Crippen LogP contribution in [0.1, 0.15) is 23.7 Å². The summed E-state index contributed by atoms with van der Waals surface area (Å²) < 4.78 is 10.2. The van der Waals surface area contributed by atoms with Gasteiger partial charge in [-0.2, -0.15) is 0 Å². The minimum absolute atomic E-state index is 0.229. The van der Waals surface area contributed by atoms with Gasteiger partial charge in [0.1, 0.15) is 6.54 Å². The van der Waals surface area contributed by atoms with Gasteiger partial charge in [-0.3, -0.25) is 9.59 Å². The van der Waals surface area contributed by atoms with E-state index in [4.69, 9.17) is 26.2 Å². The molecule has 0 bridgehead atoms. The molecule has 116 valence electrons. The fourth-order valence-electron chi connectivity index (χ4n) is 1.91. The van der Waals surface area contributed by atoms with E-state index in [9.17, 15) is 9.59 Å². The number of halogens is 1. The fourth-order valence-corrected chi connectivity index (χ4v) is 2.20. The van der Waals surface area contributed by atoms with E-state index in [1.807, 2.05) is 6.92 Å². The molecular formula is C14H18ClNO5. The summed E-state index contributed by atoms with van der Waals surface area (Å²) in [5, 5.41) is 9.11. The molecule has 6 nitrogen and oxygen atoms in total. The van der Waals surface area contributed by atoms with E-state index in [0.717, 1.165) is 0 Å². The van der Waals surface area contributed by atoms with Crippen molar-refractivity contribution in [3.63, 3.8) is 0 Å². The monoisotopic (exact) mass is 315 g/mol. The number of carboxylic acid groups (broad SMARTS) is 1. The smallest absolute Gasteiger partial charge is 0.323 e. The van der Waals surface area contributed by atoms with Crippen molar-refractivity contribution in [2.24, 2.45) is 0 Å². The Labute approximate surface area is 128 Å². The van der Waals surface area contributed by atoms with Crippen LogP contribution in [0.15, 0.2) is 12.1 Å². The van der Waals surface area contributed by atoms with Crippen molar-refractivity contribution < 1.29 is 24.2 Å². The van der Waals surface area contributed by atoms with Crippen LogP contribution in [0.25, 0.3) is 0 Å². The van der Waals surface area contributed by atoms with Gasteiger partial charge >= 0.3 is 5.97 Å². The highest BCUT2D eigenvalue weighted by atomic mass is 35.5. The number of benzene rings is 1. The molecule has 21 heavy (non-hydrogen) atoms. The first-order valence-corrected chi connectivity index (χ1v) is 6.74. The van der Waals surface area contributed by atoms with Crippen molar-refractivity contribution in [2.45, 2.75) is 13.3 Å². The number of ether oxygens (including phenoxy) is 2. The summed E-state index contributed by atoms with van der Waals surface area (Å²) in [5.74, 6) is -0.832. The molecule has 0 aliphatic carbocycles. The lowest BCUT2D eigenvalue weighted by Crippen LogP contribution is -2.36. The van der Waals surface area contributed by atoms with Crippen molar-refractivity contribution in [2.75, 3.05) is 27.3 Å². The first-order valence-electron chi connectivity index (χ1n) is 6.37. The number of hydrogen-bond acceptors (Lipinski definition) is 4. The summed E-state index contributed by atoms with van der Waals surface area (Å²) in [6.07, 6.45) is 0.653. The lowest BCUT2D eigenvalue weighted by Gasteiger charge is -2.21. The van der Waals surface area contributed by atoms with Gasteiger partial charge in [0.25, 0.3) is 5.91 Å². The Morgan fingerprint density at radius 3 is 2.43 bits per heavy atom. The van der Waals surface area contributed by atoms with E-state index >= 15 is 0 Å². The molecule has 1 rings (SSSR count). The van der Waals surface area contributed by atoms with Crippen LogP contribution in [0.4, 0.5) is 0 Å². The zero-order valence-corrected chi connectivity index (χ0v) is 12.9. The lowest BCUT2D eigenvalue weighted by molar-refractivity contribution is -0.137. The Morgan fingerprint density at radius 2 is 1.95 bits per heavy atom. The van der Waals surface area contributed by atoms with Crippen molar-refractivity contribution in [3.05, 3.63) is 22.7 Å². The van der Waals surface area contributed by atoms with Crippen molar-refractivity contribution >= 4 is 23.5 Å². The maximum atomic E-state index is 12.4. The minimum atomic E-state index is -1.07. The van der Waals surface area contributed by atoms with Crippen LogP contribution in [-0.4, -0.2) is 49.2 Å². The SMILES string of the molecule is CCCN(CC(=O)O)C(=O)c1cc(Cl)c(OC)c(OC)c1. The summed E-state index contributed by atoms with van der Waals surface area (Å²) in [5.41, 5.74) is 0.257. The van der Waals surface area contributed by atoms with Gasteiger partial charge in [-0.15, -0.1) is 0 Å². The van der Waals surface area contributed by atoms with Crippen LogP contribution in [0, 0.1) is 0 Å². The minimum Gasteiger partial charge on any atom is -0.493 e. The van der Waals surface area contributed by atoms with Gasteiger partial charge in [-0.05, 0) is 18.6 Å². The molecule has 1 amide bonds. The summed E-state index contributed by atoms with van der Waals surface area (Å²) in [7, 11) is 2.88. The molecule has 0 saturated heterocycles. The normalized spacial score (nSPS) is 10.1. The van der Waals surface area contributed by atoms with Crippen LogP contribution in [-0.2, 0) is 4.79 Å². The van der Waals surface area contributed by atoms with Gasteiger partial charge in [0.15, 0.2) is 11.5 Å². The fraction of sp³-hybridized carbons (Fsp3) is 0.429. The van der Waals surface area contributed by atoms with Gasteiger partial charge in [0.2, 0.25) is 0 Å². The molecule has 0 fully saturated rings. The first-order chi connectivity index (χ1) is 9.94. The molecule has 0 aliphatic heterocycles. The van der Waals surface area contributed by atoms with Crippen molar-refractivity contribution in [1.82, 2.24) is 4.90 Å². The number of amides is 1. The summed E-state index contributed by atoms with van der Waals surface area (Å²) in [6, 6.07) is 2.92. The molecule has 0 aromatic heterocycles. The second kappa shape index (κ2) is 7.73. The van der Waals surface area contributed by atoms with E-state index in [-0.39, 0.29) is 17.1 Å². The molecule has 0 atom stereocenters. The Hall–Kier alpha value is -1.95. The van der Waals surface area contributed by atoms with Crippen LogP contribution in [0.2, 0.25) is 5.02 Å². The average Bonchev–Trinajstić information content (AvgIpc) is 2.44.